The molecule has 0 fully saturated rings. The van der Waals surface area contributed by atoms with Crippen molar-refractivity contribution in [3.8, 4) is 0 Å². The van der Waals surface area contributed by atoms with E-state index in [4.69, 9.17) is 139 Å². The normalized spacial score (nSPS) is 6.73. The van der Waals surface area contributed by atoms with Crippen LogP contribution in [0, 0.1) is 44.6 Å². The molecule has 66 heavy (non-hydrogen) atoms. The van der Waals surface area contributed by atoms with Crippen molar-refractivity contribution in [2.24, 2.45) is 0 Å². The van der Waals surface area contributed by atoms with E-state index in [1.807, 2.05) is 12.1 Å². The largest absolute Gasteiger partial charge is 0.358 e. The van der Waals surface area contributed by atoms with Gasteiger partial charge >= 0.3 is 0 Å². The predicted octanol–water partition coefficient (Wildman–Crippen LogP) is 20.8. The fraction of sp³-hybridized carbons (Fsp3) is 0.143. The van der Waals surface area contributed by atoms with Gasteiger partial charge in [0, 0.05) is 183 Å². The number of hydrogen-bond acceptors (Lipinski definition) is 6. The minimum atomic E-state index is 0. The molecule has 6 nitrogen and oxygen atoms in total. The average molecular weight is 2160 g/mol. The van der Waals surface area contributed by atoms with Gasteiger partial charge < -0.3 is 44.6 Å². The van der Waals surface area contributed by atoms with Crippen LogP contribution in [0.15, 0.2) is 110 Å². The van der Waals surface area contributed by atoms with E-state index in [0.717, 1.165) is 5.02 Å². The van der Waals surface area contributed by atoms with Gasteiger partial charge in [0.15, 0.2) is 10.3 Å². The van der Waals surface area contributed by atoms with Crippen molar-refractivity contribution < 1.29 is 134 Å². The van der Waals surface area contributed by atoms with Gasteiger partial charge in [-0.15, -0.1) is 0 Å². The SMILES string of the molecule is C.C.C.C.C.C.Clc1cccc(Cl)n1.Clc1ccccn1.Clc1cccnc1.Clc1ccncc1.Clc1cncc(Cl)c1.Clc1nc(Cl)c(Cl)c(Cl)c1Cl.[CH3-].[CH3-].[CH3-].[CH3-].[CH3-].[CH3-].[Ta].[Ta].[Ta].[Ta].[Ta].[Ta]. The van der Waals surface area contributed by atoms with Crippen LogP contribution in [-0.4, -0.2) is 29.9 Å². The molecule has 0 aromatic carbocycles. The standard InChI is InChI=1S/C5Cl5N.2C5H3Cl2N.3C5H4ClN.6CH4.6CH3.6Ta/c6-1-2(7)4(9)11-5(10)3(1)8;6-4-1-5(7)3-8-2-4;6-4-2-1-3-5(7)8-4;6-5-1-3-7-4-2-5;6-5-2-1-3-7-4-5;6-5-3-1-2-4-7-5;;;;;;;;;;;;;;;;;;/h;2*1-3H;3*1-4H;6*1H4;6*1H3;;;;;;/q;;;;;;;;;;;;6*-1;;;;;;. The fourth-order valence-corrected chi connectivity index (χ4v) is 4.39. The first-order valence-corrected chi connectivity index (χ1v) is 16.9. The van der Waals surface area contributed by atoms with Gasteiger partial charge in [0.2, 0.25) is 0 Å². The molecule has 0 unspecified atom stereocenters. The maximum absolute atomic E-state index is 5.62. The third-order valence-corrected chi connectivity index (χ3v) is 7.77. The Labute approximate surface area is 555 Å². The van der Waals surface area contributed by atoms with Crippen LogP contribution in [0.5, 0.6) is 0 Å². The zero-order valence-electron chi connectivity index (χ0n) is 32.3. The molecule has 0 N–H and O–H groups in total. The third-order valence-electron chi connectivity index (χ3n) is 4.19. The molecule has 6 rings (SSSR count). The molecule has 0 saturated heterocycles. The maximum Gasteiger partial charge on any atom is 0.151 e. The second-order valence-electron chi connectivity index (χ2n) is 7.73. The summed E-state index contributed by atoms with van der Waals surface area (Å²) in [5.41, 5.74) is 0. The van der Waals surface area contributed by atoms with Crippen molar-refractivity contribution in [3.05, 3.63) is 216 Å². The number of aromatic nitrogens is 6. The second kappa shape index (κ2) is 76.7. The Balaban J connectivity index is -0.0000000250. The van der Waals surface area contributed by atoms with Gasteiger partial charge in [-0.2, -0.15) is 0 Å². The van der Waals surface area contributed by atoms with Crippen molar-refractivity contribution in [2.45, 2.75) is 44.6 Å². The monoisotopic (exact) mass is 2150 g/mol. The Bertz CT molecular complexity index is 1600. The van der Waals surface area contributed by atoms with Crippen LogP contribution < -0.4 is 0 Å². The van der Waals surface area contributed by atoms with Crippen molar-refractivity contribution in [2.75, 3.05) is 0 Å². The van der Waals surface area contributed by atoms with Gasteiger partial charge in [0.1, 0.15) is 15.5 Å². The molecule has 0 atom stereocenters. The van der Waals surface area contributed by atoms with Crippen molar-refractivity contribution in [1.82, 2.24) is 29.9 Å². The quantitative estimate of drug-likeness (QED) is 0.111. The van der Waals surface area contributed by atoms with Crippen LogP contribution in [0.2, 0.25) is 60.9 Å². The molecule has 0 amide bonds. The van der Waals surface area contributed by atoms with Crippen LogP contribution in [-0.2, 0) is 134 Å². The molecule has 0 aliphatic carbocycles. The van der Waals surface area contributed by atoms with E-state index >= 15 is 0 Å². The van der Waals surface area contributed by atoms with E-state index in [0.29, 0.717) is 30.5 Å². The Morgan fingerprint density at radius 1 is 0.303 bits per heavy atom. The number of nitrogens with zero attached hydrogens (tertiary/aromatic N) is 6. The molecule has 24 heteroatoms. The first-order chi connectivity index (χ1) is 22.8. The van der Waals surface area contributed by atoms with Crippen molar-refractivity contribution >= 4 is 139 Å². The van der Waals surface area contributed by atoms with Gasteiger partial charge in [-0.3, -0.25) is 15.0 Å². The molecule has 0 aliphatic heterocycles. The summed E-state index contributed by atoms with van der Waals surface area (Å²) in [4.78, 5) is 22.3. The average Bonchev–Trinajstić information content (AvgIpc) is 3.05. The zero-order chi connectivity index (χ0) is 35.9. The molecule has 378 valence electrons. The van der Waals surface area contributed by atoms with Crippen LogP contribution >= 0.6 is 139 Å². The fourth-order valence-electron chi connectivity index (χ4n) is 2.25. The van der Waals surface area contributed by atoms with E-state index in [1.165, 1.54) is 12.4 Å². The Hall–Kier alpha value is 2.82. The van der Waals surface area contributed by atoms with E-state index in [9.17, 15) is 0 Å². The molecular weight excluding hydrogens is 2100 g/mol. The second-order valence-corrected chi connectivity index (χ2v) is 12.5. The first kappa shape index (κ1) is 123. The van der Waals surface area contributed by atoms with Gasteiger partial charge in [-0.1, -0.05) is 196 Å². The minimum Gasteiger partial charge on any atom is -0.358 e. The first-order valence-electron chi connectivity index (χ1n) is 12.4. The third kappa shape index (κ3) is 64.8. The van der Waals surface area contributed by atoms with Crippen molar-refractivity contribution in [3.63, 3.8) is 0 Å². The van der Waals surface area contributed by atoms with E-state index in [1.54, 1.807) is 85.6 Å². The molecule has 0 bridgehead atoms. The topological polar surface area (TPSA) is 77.3 Å². The molecule has 0 saturated carbocycles. The molecular formula is C42H60Cl12N6Ta6-6. The van der Waals surface area contributed by atoms with Crippen LogP contribution in [0.25, 0.3) is 0 Å². The number of rotatable bonds is 0. The smallest absolute Gasteiger partial charge is 0.151 e. The molecule has 6 radical (unpaired) electrons. The van der Waals surface area contributed by atoms with Gasteiger partial charge in [-0.25, -0.2) is 15.0 Å². The number of pyridine rings is 6. The summed E-state index contributed by atoms with van der Waals surface area (Å²) in [6.45, 7) is 0. The summed E-state index contributed by atoms with van der Waals surface area (Å²) in [5, 5.41) is 4.39. The Morgan fingerprint density at radius 2 is 0.697 bits per heavy atom. The van der Waals surface area contributed by atoms with Gasteiger partial charge in [-0.05, 0) is 54.6 Å². The van der Waals surface area contributed by atoms with Gasteiger partial charge in [0.05, 0.1) is 30.1 Å². The summed E-state index contributed by atoms with van der Waals surface area (Å²) >= 11 is 66.1. The summed E-state index contributed by atoms with van der Waals surface area (Å²) < 4.78 is 0. The van der Waals surface area contributed by atoms with E-state index in [-0.39, 0.29) is 249 Å². The predicted molar refractivity (Wildman–Crippen MR) is 284 cm³/mol. The van der Waals surface area contributed by atoms with E-state index < -0.39 is 0 Å². The molecule has 6 aromatic rings. The van der Waals surface area contributed by atoms with E-state index in [2.05, 4.69) is 29.9 Å². The maximum atomic E-state index is 5.62. The Kier molecular flexibility index (Phi) is 142. The van der Waals surface area contributed by atoms with Crippen LogP contribution in [0.1, 0.15) is 44.6 Å². The van der Waals surface area contributed by atoms with Crippen molar-refractivity contribution in [1.29, 1.82) is 0 Å². The Morgan fingerprint density at radius 3 is 0.909 bits per heavy atom. The molecule has 0 spiro atoms. The zero-order valence-corrected chi connectivity index (χ0v) is 60.6. The summed E-state index contributed by atoms with van der Waals surface area (Å²) in [5.74, 6) is 0. The minimum absolute atomic E-state index is 0. The summed E-state index contributed by atoms with van der Waals surface area (Å²) in [6, 6.07) is 19.2. The summed E-state index contributed by atoms with van der Waals surface area (Å²) in [6.07, 6.45) is 11.3. The number of halogens is 12. The summed E-state index contributed by atoms with van der Waals surface area (Å²) in [7, 11) is 0. The number of hydrogen-bond donors (Lipinski definition) is 0. The molecule has 6 heterocycles. The van der Waals surface area contributed by atoms with Gasteiger partial charge in [0.25, 0.3) is 0 Å². The van der Waals surface area contributed by atoms with Crippen LogP contribution in [0.4, 0.5) is 0 Å². The van der Waals surface area contributed by atoms with Crippen LogP contribution in [0.3, 0.4) is 0 Å². The molecule has 6 aromatic heterocycles. The molecule has 0 aliphatic rings.